The molecule has 0 aromatic carbocycles. The molecule has 0 aliphatic heterocycles. The first kappa shape index (κ1) is 10.6. The largest absolute Gasteiger partial charge is 0.324 e. The van der Waals surface area contributed by atoms with E-state index in [1.807, 2.05) is 13.0 Å². The molecule has 0 aliphatic rings. The van der Waals surface area contributed by atoms with Crippen LogP contribution in [-0.2, 0) is 0 Å². The Morgan fingerprint density at radius 3 is 3.07 bits per heavy atom. The lowest BCUT2D eigenvalue weighted by atomic mass is 10.3. The summed E-state index contributed by atoms with van der Waals surface area (Å²) in [6.07, 6.45) is 0.824. The van der Waals surface area contributed by atoms with Gasteiger partial charge in [0.05, 0.1) is 6.07 Å². The molecule has 1 amide bonds. The van der Waals surface area contributed by atoms with Gasteiger partial charge in [0.2, 0.25) is 0 Å². The number of nitriles is 1. The quantitative estimate of drug-likeness (QED) is 0.693. The molecule has 0 bridgehead atoms. The highest BCUT2D eigenvalue weighted by Gasteiger charge is 2.16. The summed E-state index contributed by atoms with van der Waals surface area (Å²) in [5.74, 6) is -0.220. The molecule has 0 saturated carbocycles. The number of carbonyl (C=O) groups excluding carboxylic acids is 1. The van der Waals surface area contributed by atoms with Crippen molar-refractivity contribution in [3.05, 3.63) is 11.1 Å². The van der Waals surface area contributed by atoms with Gasteiger partial charge in [-0.05, 0) is 18.0 Å². The van der Waals surface area contributed by atoms with Crippen molar-refractivity contribution in [2.24, 2.45) is 0 Å². The molecule has 0 atom stereocenters. The Hall–Kier alpha value is -1.48. The second-order valence-corrected chi connectivity index (χ2v) is 3.28. The lowest BCUT2D eigenvalue weighted by Crippen LogP contribution is -2.32. The van der Waals surface area contributed by atoms with Crippen LogP contribution >= 0.6 is 11.5 Å². The third kappa shape index (κ3) is 2.50. The maximum Gasteiger partial charge on any atom is 0.276 e. The number of amides is 1. The van der Waals surface area contributed by atoms with Crippen LogP contribution < -0.4 is 0 Å². The van der Waals surface area contributed by atoms with E-state index in [1.165, 1.54) is 4.90 Å². The second-order valence-electron chi connectivity index (χ2n) is 2.67. The van der Waals surface area contributed by atoms with Crippen LogP contribution in [0.15, 0.2) is 5.38 Å². The zero-order chi connectivity index (χ0) is 10.4. The third-order valence-corrected chi connectivity index (χ3v) is 2.13. The van der Waals surface area contributed by atoms with Crippen LogP contribution in [0.2, 0.25) is 0 Å². The SMILES string of the molecule is CCCN(CC#N)C(=O)c1csnn1. The molecule has 0 aliphatic carbocycles. The fraction of sp³-hybridized carbons (Fsp3) is 0.500. The van der Waals surface area contributed by atoms with Crippen LogP contribution in [0.4, 0.5) is 0 Å². The van der Waals surface area contributed by atoms with Gasteiger partial charge in [-0.25, -0.2) is 0 Å². The van der Waals surface area contributed by atoms with Gasteiger partial charge >= 0.3 is 0 Å². The van der Waals surface area contributed by atoms with Gasteiger partial charge in [0.15, 0.2) is 5.69 Å². The van der Waals surface area contributed by atoms with E-state index in [-0.39, 0.29) is 12.5 Å². The molecule has 0 radical (unpaired) electrons. The van der Waals surface area contributed by atoms with Gasteiger partial charge in [0.1, 0.15) is 6.54 Å². The Kier molecular flexibility index (Phi) is 4.01. The van der Waals surface area contributed by atoms with Crippen LogP contribution in [0.1, 0.15) is 23.8 Å². The van der Waals surface area contributed by atoms with E-state index in [2.05, 4.69) is 9.59 Å². The molecular formula is C8H10N4OS. The van der Waals surface area contributed by atoms with Gasteiger partial charge in [-0.2, -0.15) is 5.26 Å². The Morgan fingerprint density at radius 2 is 2.57 bits per heavy atom. The summed E-state index contributed by atoms with van der Waals surface area (Å²) < 4.78 is 3.61. The standard InChI is InChI=1S/C8H10N4OS/c1-2-4-12(5-3-9)8(13)7-6-14-11-10-7/h6H,2,4-5H2,1H3. The van der Waals surface area contributed by atoms with Crippen molar-refractivity contribution >= 4 is 17.4 Å². The fourth-order valence-corrected chi connectivity index (χ4v) is 1.46. The molecule has 1 rings (SSSR count). The summed E-state index contributed by atoms with van der Waals surface area (Å²) in [7, 11) is 0. The van der Waals surface area contributed by atoms with Crippen molar-refractivity contribution in [1.82, 2.24) is 14.5 Å². The summed E-state index contributed by atoms with van der Waals surface area (Å²) in [5, 5.41) is 13.8. The highest BCUT2D eigenvalue weighted by atomic mass is 32.1. The Balaban J connectivity index is 2.69. The number of hydrogen-bond donors (Lipinski definition) is 0. The van der Waals surface area contributed by atoms with E-state index in [9.17, 15) is 4.79 Å². The first-order valence-corrected chi connectivity index (χ1v) is 5.06. The number of aromatic nitrogens is 2. The predicted molar refractivity (Wildman–Crippen MR) is 51.7 cm³/mol. The van der Waals surface area contributed by atoms with Crippen molar-refractivity contribution < 1.29 is 4.79 Å². The molecule has 0 fully saturated rings. The highest BCUT2D eigenvalue weighted by Crippen LogP contribution is 2.03. The van der Waals surface area contributed by atoms with Crippen LogP contribution in [0.5, 0.6) is 0 Å². The maximum absolute atomic E-state index is 11.7. The van der Waals surface area contributed by atoms with Crippen LogP contribution in [0.3, 0.4) is 0 Å². The molecule has 0 N–H and O–H groups in total. The molecule has 0 unspecified atom stereocenters. The minimum atomic E-state index is -0.220. The smallest absolute Gasteiger partial charge is 0.276 e. The first-order valence-electron chi connectivity index (χ1n) is 4.23. The minimum Gasteiger partial charge on any atom is -0.324 e. The lowest BCUT2D eigenvalue weighted by molar-refractivity contribution is 0.0770. The van der Waals surface area contributed by atoms with Gasteiger partial charge in [-0.3, -0.25) is 4.79 Å². The number of nitrogens with zero attached hydrogens (tertiary/aromatic N) is 4. The molecule has 0 saturated heterocycles. The summed E-state index contributed by atoms with van der Waals surface area (Å²) in [6.45, 7) is 2.63. The molecule has 1 aromatic heterocycles. The van der Waals surface area contributed by atoms with Crippen molar-refractivity contribution in [3.63, 3.8) is 0 Å². The summed E-state index contributed by atoms with van der Waals surface area (Å²) >= 11 is 1.13. The van der Waals surface area contributed by atoms with E-state index in [4.69, 9.17) is 5.26 Å². The predicted octanol–water partition coefficient (Wildman–Crippen LogP) is 0.914. The highest BCUT2D eigenvalue weighted by molar-refractivity contribution is 7.03. The Bertz CT molecular complexity index is 330. The normalized spacial score (nSPS) is 9.43. The Morgan fingerprint density at radius 1 is 1.79 bits per heavy atom. The van der Waals surface area contributed by atoms with Crippen LogP contribution in [0.25, 0.3) is 0 Å². The van der Waals surface area contributed by atoms with Crippen molar-refractivity contribution in [3.8, 4) is 6.07 Å². The topological polar surface area (TPSA) is 69.9 Å². The Labute approximate surface area is 86.1 Å². The van der Waals surface area contributed by atoms with E-state index in [0.717, 1.165) is 18.0 Å². The van der Waals surface area contributed by atoms with Crippen LogP contribution in [-0.4, -0.2) is 33.5 Å². The minimum absolute atomic E-state index is 0.101. The average molecular weight is 210 g/mol. The average Bonchev–Trinajstić information content (AvgIpc) is 2.69. The van der Waals surface area contributed by atoms with Crippen molar-refractivity contribution in [2.45, 2.75) is 13.3 Å². The third-order valence-electron chi connectivity index (χ3n) is 1.62. The summed E-state index contributed by atoms with van der Waals surface area (Å²) in [5.41, 5.74) is 0.318. The summed E-state index contributed by atoms with van der Waals surface area (Å²) in [6, 6.07) is 1.96. The first-order chi connectivity index (χ1) is 6.79. The monoisotopic (exact) mass is 210 g/mol. The molecule has 1 aromatic rings. The van der Waals surface area contributed by atoms with Gasteiger partial charge < -0.3 is 4.90 Å². The van der Waals surface area contributed by atoms with Gasteiger partial charge in [0.25, 0.3) is 5.91 Å². The molecule has 0 spiro atoms. The van der Waals surface area contributed by atoms with Crippen molar-refractivity contribution in [1.29, 1.82) is 5.26 Å². The van der Waals surface area contributed by atoms with Crippen LogP contribution in [0, 0.1) is 11.3 Å². The fourth-order valence-electron chi connectivity index (χ4n) is 1.03. The van der Waals surface area contributed by atoms with E-state index in [0.29, 0.717) is 12.2 Å². The zero-order valence-electron chi connectivity index (χ0n) is 7.80. The molecule has 5 nitrogen and oxygen atoms in total. The molecule has 74 valence electrons. The summed E-state index contributed by atoms with van der Waals surface area (Å²) in [4.78, 5) is 13.1. The number of carbonyl (C=O) groups is 1. The van der Waals surface area contributed by atoms with E-state index in [1.54, 1.807) is 5.38 Å². The van der Waals surface area contributed by atoms with Gasteiger partial charge in [0, 0.05) is 11.9 Å². The number of rotatable bonds is 4. The molecular weight excluding hydrogens is 200 g/mol. The van der Waals surface area contributed by atoms with Gasteiger partial charge in [-0.15, -0.1) is 5.10 Å². The molecule has 14 heavy (non-hydrogen) atoms. The van der Waals surface area contributed by atoms with Crippen molar-refractivity contribution in [2.75, 3.05) is 13.1 Å². The van der Waals surface area contributed by atoms with Gasteiger partial charge in [-0.1, -0.05) is 11.4 Å². The lowest BCUT2D eigenvalue weighted by Gasteiger charge is -2.16. The maximum atomic E-state index is 11.7. The molecule has 1 heterocycles. The van der Waals surface area contributed by atoms with E-state index < -0.39 is 0 Å². The van der Waals surface area contributed by atoms with E-state index >= 15 is 0 Å². The molecule has 6 heteroatoms. The second kappa shape index (κ2) is 5.29. The number of hydrogen-bond acceptors (Lipinski definition) is 5. The zero-order valence-corrected chi connectivity index (χ0v) is 8.62.